The van der Waals surface area contributed by atoms with E-state index in [-0.39, 0.29) is 15.0 Å². The van der Waals surface area contributed by atoms with Crippen LogP contribution in [0.5, 0.6) is 0 Å². The minimum absolute atomic E-state index is 0.0106. The van der Waals surface area contributed by atoms with Crippen LogP contribution >= 0.6 is 22.6 Å². The summed E-state index contributed by atoms with van der Waals surface area (Å²) in [5.74, 6) is -0.0106. The molecule has 1 unspecified atom stereocenters. The smallest absolute Gasteiger partial charge is 0.322 e. The molecule has 3 heteroatoms. The molecule has 106 valence electrons. The fourth-order valence-corrected chi connectivity index (χ4v) is 2.66. The predicted molar refractivity (Wildman–Crippen MR) is 84.1 cm³/mol. The number of hydrogen-bond acceptors (Lipinski definition) is 2. The van der Waals surface area contributed by atoms with E-state index < -0.39 is 0 Å². The zero-order valence-electron chi connectivity index (χ0n) is 12.1. The molecular formula is C15H27IO2. The normalized spacial score (nSPS) is 22.2. The lowest BCUT2D eigenvalue weighted by Crippen LogP contribution is -2.42. The zero-order chi connectivity index (χ0) is 13.6. The van der Waals surface area contributed by atoms with Crippen molar-refractivity contribution in [3.05, 3.63) is 0 Å². The molecule has 0 bridgehead atoms. The van der Waals surface area contributed by atoms with Gasteiger partial charge in [0.1, 0.15) is 9.02 Å². The van der Waals surface area contributed by atoms with Crippen LogP contribution in [0.15, 0.2) is 0 Å². The summed E-state index contributed by atoms with van der Waals surface area (Å²) in [6.45, 7) is 6.23. The minimum Gasteiger partial charge on any atom is -0.458 e. The second kappa shape index (κ2) is 7.11. The Kier molecular flexibility index (Phi) is 6.42. The Morgan fingerprint density at radius 2 is 1.89 bits per heavy atom. The van der Waals surface area contributed by atoms with Crippen LogP contribution in [-0.2, 0) is 9.53 Å². The van der Waals surface area contributed by atoms with Crippen LogP contribution < -0.4 is 0 Å². The van der Waals surface area contributed by atoms with Crippen LogP contribution in [0.1, 0.15) is 78.6 Å². The summed E-state index contributed by atoms with van der Waals surface area (Å²) in [7, 11) is 0. The van der Waals surface area contributed by atoms with E-state index in [2.05, 4.69) is 29.5 Å². The van der Waals surface area contributed by atoms with E-state index in [1.807, 2.05) is 13.8 Å². The van der Waals surface area contributed by atoms with Crippen molar-refractivity contribution in [3.8, 4) is 0 Å². The molecule has 1 rings (SSSR count). The van der Waals surface area contributed by atoms with Crippen LogP contribution in [0.3, 0.4) is 0 Å². The Balaban J connectivity index is 2.69. The van der Waals surface area contributed by atoms with Gasteiger partial charge in [-0.25, -0.2) is 0 Å². The first kappa shape index (κ1) is 16.3. The summed E-state index contributed by atoms with van der Waals surface area (Å²) in [6, 6.07) is 0. The first-order chi connectivity index (χ1) is 8.46. The lowest BCUT2D eigenvalue weighted by atomic mass is 9.81. The van der Waals surface area contributed by atoms with Gasteiger partial charge in [-0.2, -0.15) is 0 Å². The molecule has 0 spiro atoms. The predicted octanol–water partition coefficient (Wildman–Crippen LogP) is 5.03. The second-order valence-corrected chi connectivity index (χ2v) is 8.17. The lowest BCUT2D eigenvalue weighted by molar-refractivity contribution is -0.166. The number of halogens is 1. The third kappa shape index (κ3) is 4.39. The number of carbonyl (C=O) groups excluding carboxylic acids is 1. The Bertz CT molecular complexity index is 268. The molecule has 2 nitrogen and oxygen atoms in total. The molecule has 1 saturated carbocycles. The monoisotopic (exact) mass is 366 g/mol. The average Bonchev–Trinajstić information content (AvgIpc) is 2.37. The highest BCUT2D eigenvalue weighted by Gasteiger charge is 2.39. The summed E-state index contributed by atoms with van der Waals surface area (Å²) in [4.78, 5) is 12.3. The molecule has 0 saturated heterocycles. The van der Waals surface area contributed by atoms with Gasteiger partial charge < -0.3 is 4.74 Å². The molecule has 1 atom stereocenters. The first-order valence-electron chi connectivity index (χ1n) is 7.38. The van der Waals surface area contributed by atoms with Gasteiger partial charge in [-0.05, 0) is 51.9 Å². The molecule has 0 radical (unpaired) electrons. The van der Waals surface area contributed by atoms with E-state index in [1.54, 1.807) is 0 Å². The van der Waals surface area contributed by atoms with Crippen molar-refractivity contribution in [2.75, 3.05) is 0 Å². The molecule has 1 fully saturated rings. The van der Waals surface area contributed by atoms with Gasteiger partial charge in [0.2, 0.25) is 0 Å². The molecule has 0 aromatic heterocycles. The van der Waals surface area contributed by atoms with E-state index in [4.69, 9.17) is 4.74 Å². The quantitative estimate of drug-likeness (QED) is 0.375. The number of hydrogen-bond donors (Lipinski definition) is 0. The molecular weight excluding hydrogens is 339 g/mol. The number of unbranched alkanes of at least 4 members (excludes halogenated alkanes) is 1. The maximum atomic E-state index is 12.3. The molecule has 0 aromatic rings. The van der Waals surface area contributed by atoms with Gasteiger partial charge in [-0.3, -0.25) is 4.79 Å². The lowest BCUT2D eigenvalue weighted by Gasteiger charge is -2.38. The van der Waals surface area contributed by atoms with E-state index in [1.165, 1.54) is 25.7 Å². The minimum atomic E-state index is -0.367. The highest BCUT2D eigenvalue weighted by Crippen LogP contribution is 2.38. The number of esters is 1. The third-order valence-corrected chi connectivity index (χ3v) is 5.35. The summed E-state index contributed by atoms with van der Waals surface area (Å²) in [5, 5.41) is 0. The van der Waals surface area contributed by atoms with E-state index in [0.717, 1.165) is 32.1 Å². The number of ether oxygens (including phenoxy) is 1. The molecule has 0 aliphatic heterocycles. The van der Waals surface area contributed by atoms with Gasteiger partial charge in [-0.1, -0.05) is 49.3 Å². The van der Waals surface area contributed by atoms with Crippen molar-refractivity contribution in [3.63, 3.8) is 0 Å². The van der Waals surface area contributed by atoms with Crippen molar-refractivity contribution >= 4 is 28.6 Å². The SMILES string of the molecule is CCCCC1(OC(=O)C(C)(I)CC)CCCCC1. The highest BCUT2D eigenvalue weighted by molar-refractivity contribution is 14.1. The summed E-state index contributed by atoms with van der Waals surface area (Å²) < 4.78 is 5.62. The van der Waals surface area contributed by atoms with Gasteiger partial charge in [0.15, 0.2) is 0 Å². The zero-order valence-corrected chi connectivity index (χ0v) is 14.2. The average molecular weight is 366 g/mol. The Morgan fingerprint density at radius 1 is 1.28 bits per heavy atom. The molecule has 18 heavy (non-hydrogen) atoms. The Morgan fingerprint density at radius 3 is 2.39 bits per heavy atom. The maximum absolute atomic E-state index is 12.3. The molecule has 0 amide bonds. The number of carbonyl (C=O) groups is 1. The number of alkyl halides is 1. The summed E-state index contributed by atoms with van der Waals surface area (Å²) >= 11 is 2.23. The summed E-state index contributed by atoms with van der Waals surface area (Å²) in [6.07, 6.45) is 10.1. The second-order valence-electron chi connectivity index (χ2n) is 5.79. The van der Waals surface area contributed by atoms with Crippen molar-refractivity contribution in [1.29, 1.82) is 0 Å². The topological polar surface area (TPSA) is 26.3 Å². The van der Waals surface area contributed by atoms with E-state index in [9.17, 15) is 4.79 Å². The highest BCUT2D eigenvalue weighted by atomic mass is 127. The molecule has 0 heterocycles. The van der Waals surface area contributed by atoms with Gasteiger partial charge in [0.25, 0.3) is 0 Å². The van der Waals surface area contributed by atoms with Crippen molar-refractivity contribution in [1.82, 2.24) is 0 Å². The largest absolute Gasteiger partial charge is 0.458 e. The number of rotatable bonds is 6. The molecule has 0 N–H and O–H groups in total. The van der Waals surface area contributed by atoms with E-state index in [0.29, 0.717) is 0 Å². The van der Waals surface area contributed by atoms with Gasteiger partial charge in [0, 0.05) is 0 Å². The van der Waals surface area contributed by atoms with Gasteiger partial charge in [-0.15, -0.1) is 0 Å². The molecule has 0 aromatic carbocycles. The van der Waals surface area contributed by atoms with E-state index >= 15 is 0 Å². The standard InChI is InChI=1S/C15H27IO2/c1-4-6-10-15(11-8-7-9-12-15)18-13(17)14(3,16)5-2/h4-12H2,1-3H3. The van der Waals surface area contributed by atoms with Crippen LogP contribution in [0.4, 0.5) is 0 Å². The maximum Gasteiger partial charge on any atom is 0.322 e. The first-order valence-corrected chi connectivity index (χ1v) is 8.46. The van der Waals surface area contributed by atoms with Gasteiger partial charge >= 0.3 is 5.97 Å². The third-order valence-electron chi connectivity index (χ3n) is 4.15. The summed E-state index contributed by atoms with van der Waals surface area (Å²) in [5.41, 5.74) is -0.146. The Labute approximate surface area is 125 Å². The van der Waals surface area contributed by atoms with Crippen molar-refractivity contribution in [2.45, 2.75) is 87.6 Å². The van der Waals surface area contributed by atoms with Crippen LogP contribution in [0, 0.1) is 0 Å². The van der Waals surface area contributed by atoms with Gasteiger partial charge in [0.05, 0.1) is 0 Å². The fourth-order valence-electron chi connectivity index (χ4n) is 2.55. The van der Waals surface area contributed by atoms with Crippen molar-refractivity contribution in [2.24, 2.45) is 0 Å². The Hall–Kier alpha value is 0.200. The fraction of sp³-hybridized carbons (Fsp3) is 0.933. The molecule has 1 aliphatic rings. The van der Waals surface area contributed by atoms with Crippen molar-refractivity contribution < 1.29 is 9.53 Å². The molecule has 1 aliphatic carbocycles. The van der Waals surface area contributed by atoms with Crippen LogP contribution in [0.2, 0.25) is 0 Å². The van der Waals surface area contributed by atoms with Crippen LogP contribution in [-0.4, -0.2) is 15.0 Å². The van der Waals surface area contributed by atoms with Crippen LogP contribution in [0.25, 0.3) is 0 Å².